The van der Waals surface area contributed by atoms with Crippen molar-refractivity contribution in [3.63, 3.8) is 0 Å². The number of amides is 2. The normalized spacial score (nSPS) is 13.3. The molecule has 33 heavy (non-hydrogen) atoms. The Bertz CT molecular complexity index is 1300. The highest BCUT2D eigenvalue weighted by molar-refractivity contribution is 7.89. The van der Waals surface area contributed by atoms with Gasteiger partial charge in [0, 0.05) is 0 Å². The Morgan fingerprint density at radius 1 is 1.03 bits per heavy atom. The Hall–Kier alpha value is -3.76. The number of nitrogens with zero attached hydrogens (tertiary/aromatic N) is 1. The topological polar surface area (TPSA) is 123 Å². The molecule has 0 unspecified atom stereocenters. The van der Waals surface area contributed by atoms with Crippen LogP contribution >= 0.6 is 0 Å². The molecule has 9 nitrogen and oxygen atoms in total. The van der Waals surface area contributed by atoms with Gasteiger partial charge in [-0.2, -0.15) is 0 Å². The SMILES string of the molecule is Cc1ccc(S(=O)(=O)NCc2ccco2)cc1C(=O)OCCN1C(=O)c2ccccc2C1=O. The molecule has 1 aliphatic rings. The highest BCUT2D eigenvalue weighted by Gasteiger charge is 2.34. The first-order valence-electron chi connectivity index (χ1n) is 10.0. The highest BCUT2D eigenvalue weighted by Crippen LogP contribution is 2.22. The Labute approximate surface area is 190 Å². The van der Waals surface area contributed by atoms with Crippen LogP contribution in [0.15, 0.2) is 70.2 Å². The summed E-state index contributed by atoms with van der Waals surface area (Å²) >= 11 is 0. The van der Waals surface area contributed by atoms with Gasteiger partial charge in [-0.15, -0.1) is 0 Å². The third-order valence-corrected chi connectivity index (χ3v) is 6.58. The molecule has 10 heteroatoms. The largest absolute Gasteiger partial charge is 0.468 e. The first-order chi connectivity index (χ1) is 15.8. The number of carbonyl (C=O) groups is 3. The number of hydrogen-bond donors (Lipinski definition) is 1. The Balaban J connectivity index is 1.40. The number of hydrogen-bond acceptors (Lipinski definition) is 7. The molecule has 2 amide bonds. The van der Waals surface area contributed by atoms with Crippen LogP contribution in [0.3, 0.4) is 0 Å². The van der Waals surface area contributed by atoms with Crippen LogP contribution in [-0.2, 0) is 21.3 Å². The molecule has 0 saturated carbocycles. The number of fused-ring (bicyclic) bond motifs is 1. The van der Waals surface area contributed by atoms with Crippen molar-refractivity contribution >= 4 is 27.8 Å². The summed E-state index contributed by atoms with van der Waals surface area (Å²) in [6.07, 6.45) is 1.44. The zero-order valence-electron chi connectivity index (χ0n) is 17.6. The van der Waals surface area contributed by atoms with E-state index in [1.807, 2.05) is 0 Å². The van der Waals surface area contributed by atoms with Crippen LogP contribution in [0.2, 0.25) is 0 Å². The van der Waals surface area contributed by atoms with E-state index < -0.39 is 27.8 Å². The molecule has 2 heterocycles. The molecular weight excluding hydrogens is 448 g/mol. The molecule has 2 aromatic carbocycles. The maximum Gasteiger partial charge on any atom is 0.338 e. The third-order valence-electron chi connectivity index (χ3n) is 5.18. The van der Waals surface area contributed by atoms with Crippen LogP contribution in [0.5, 0.6) is 0 Å². The molecule has 3 aromatic rings. The van der Waals surface area contributed by atoms with Crippen molar-refractivity contribution in [3.8, 4) is 0 Å². The fourth-order valence-corrected chi connectivity index (χ4v) is 4.42. The van der Waals surface area contributed by atoms with Crippen molar-refractivity contribution in [3.05, 3.63) is 88.9 Å². The minimum atomic E-state index is -3.90. The molecule has 0 atom stereocenters. The summed E-state index contributed by atoms with van der Waals surface area (Å²) in [5.74, 6) is -1.21. The molecule has 0 aliphatic carbocycles. The lowest BCUT2D eigenvalue weighted by Crippen LogP contribution is -2.33. The first kappa shape index (κ1) is 22.4. The highest BCUT2D eigenvalue weighted by atomic mass is 32.2. The van der Waals surface area contributed by atoms with Gasteiger partial charge in [-0.1, -0.05) is 18.2 Å². The predicted octanol–water partition coefficient (Wildman–Crippen LogP) is 2.52. The van der Waals surface area contributed by atoms with Gasteiger partial charge >= 0.3 is 5.97 Å². The van der Waals surface area contributed by atoms with Gasteiger partial charge in [-0.3, -0.25) is 14.5 Å². The van der Waals surface area contributed by atoms with E-state index in [0.717, 1.165) is 4.90 Å². The summed E-state index contributed by atoms with van der Waals surface area (Å²) in [5.41, 5.74) is 1.21. The summed E-state index contributed by atoms with van der Waals surface area (Å²) in [5, 5.41) is 0. The molecule has 0 saturated heterocycles. The third kappa shape index (κ3) is 4.57. The van der Waals surface area contributed by atoms with Crippen LogP contribution < -0.4 is 4.72 Å². The Kier molecular flexibility index (Phi) is 6.12. The zero-order valence-corrected chi connectivity index (χ0v) is 18.4. The molecule has 1 aliphatic heterocycles. The van der Waals surface area contributed by atoms with E-state index >= 15 is 0 Å². The quantitative estimate of drug-likeness (QED) is 0.398. The number of aryl methyl sites for hydroxylation is 1. The standard InChI is InChI=1S/C23H20N2O7S/c1-15-8-9-17(33(29,30)24-14-16-5-4-11-31-16)13-20(15)23(28)32-12-10-25-21(26)18-6-2-3-7-19(18)22(25)27/h2-9,11,13,24H,10,12,14H2,1H3. The lowest BCUT2D eigenvalue weighted by molar-refractivity contribution is 0.0419. The summed E-state index contributed by atoms with van der Waals surface area (Å²) < 4.78 is 37.9. The van der Waals surface area contributed by atoms with Gasteiger partial charge in [0.25, 0.3) is 11.8 Å². The number of ether oxygens (including phenoxy) is 1. The summed E-state index contributed by atoms with van der Waals surface area (Å²) in [6.45, 7) is 1.27. The van der Waals surface area contributed by atoms with Crippen molar-refractivity contribution in [2.45, 2.75) is 18.4 Å². The van der Waals surface area contributed by atoms with Crippen LogP contribution in [-0.4, -0.2) is 44.3 Å². The molecule has 4 rings (SSSR count). The first-order valence-corrected chi connectivity index (χ1v) is 11.5. The van der Waals surface area contributed by atoms with Gasteiger partial charge in [0.2, 0.25) is 10.0 Å². The maximum absolute atomic E-state index is 12.6. The lowest BCUT2D eigenvalue weighted by Gasteiger charge is -2.14. The number of carbonyl (C=O) groups excluding carboxylic acids is 3. The molecule has 0 spiro atoms. The average Bonchev–Trinajstić information content (AvgIpc) is 3.41. The van der Waals surface area contributed by atoms with Gasteiger partial charge in [0.15, 0.2) is 0 Å². The van der Waals surface area contributed by atoms with Gasteiger partial charge in [-0.05, 0) is 48.9 Å². The van der Waals surface area contributed by atoms with Gasteiger partial charge in [0.1, 0.15) is 12.4 Å². The number of esters is 1. The second-order valence-corrected chi connectivity index (χ2v) is 9.09. The molecule has 170 valence electrons. The fourth-order valence-electron chi connectivity index (χ4n) is 3.40. The second-order valence-electron chi connectivity index (χ2n) is 7.32. The molecule has 0 fully saturated rings. The number of nitrogens with one attached hydrogen (secondary N) is 1. The number of imide groups is 1. The number of rotatable bonds is 8. The van der Waals surface area contributed by atoms with E-state index in [2.05, 4.69) is 4.72 Å². The lowest BCUT2D eigenvalue weighted by atomic mass is 10.1. The van der Waals surface area contributed by atoms with Gasteiger partial charge < -0.3 is 9.15 Å². The molecule has 1 N–H and O–H groups in total. The maximum atomic E-state index is 12.6. The Morgan fingerprint density at radius 3 is 2.36 bits per heavy atom. The van der Waals surface area contributed by atoms with E-state index in [9.17, 15) is 22.8 Å². The van der Waals surface area contributed by atoms with Crippen LogP contribution in [0.25, 0.3) is 0 Å². The van der Waals surface area contributed by atoms with Crippen molar-refractivity contribution < 1.29 is 32.0 Å². The smallest absolute Gasteiger partial charge is 0.338 e. The number of sulfonamides is 1. The number of furan rings is 1. The van der Waals surface area contributed by atoms with E-state index in [-0.39, 0.29) is 30.2 Å². The minimum absolute atomic E-state index is 0.0384. The minimum Gasteiger partial charge on any atom is -0.468 e. The van der Waals surface area contributed by atoms with Crippen molar-refractivity contribution in [2.24, 2.45) is 0 Å². The molecule has 0 bridgehead atoms. The Morgan fingerprint density at radius 2 is 1.73 bits per heavy atom. The van der Waals surface area contributed by atoms with Crippen LogP contribution in [0.1, 0.15) is 42.4 Å². The summed E-state index contributed by atoms with van der Waals surface area (Å²) in [7, 11) is -3.90. The van der Waals surface area contributed by atoms with Crippen molar-refractivity contribution in [1.29, 1.82) is 0 Å². The molecule has 1 aromatic heterocycles. The number of benzene rings is 2. The zero-order chi connectivity index (χ0) is 23.6. The summed E-state index contributed by atoms with van der Waals surface area (Å²) in [6, 6.07) is 13.9. The van der Waals surface area contributed by atoms with E-state index in [4.69, 9.17) is 9.15 Å². The van der Waals surface area contributed by atoms with Crippen LogP contribution in [0.4, 0.5) is 0 Å². The second kappa shape index (κ2) is 9.00. The van der Waals surface area contributed by atoms with E-state index in [1.54, 1.807) is 43.3 Å². The van der Waals surface area contributed by atoms with E-state index in [0.29, 0.717) is 22.5 Å². The monoisotopic (exact) mass is 468 g/mol. The fraction of sp³-hybridized carbons (Fsp3) is 0.174. The predicted molar refractivity (Wildman–Crippen MR) is 116 cm³/mol. The molecular formula is C23H20N2O7S. The van der Waals surface area contributed by atoms with Gasteiger partial charge in [-0.25, -0.2) is 17.9 Å². The van der Waals surface area contributed by atoms with Crippen LogP contribution in [0, 0.1) is 6.92 Å². The van der Waals surface area contributed by atoms with Crippen molar-refractivity contribution in [1.82, 2.24) is 9.62 Å². The van der Waals surface area contributed by atoms with Gasteiger partial charge in [0.05, 0.1) is 40.9 Å². The molecule has 0 radical (unpaired) electrons. The van der Waals surface area contributed by atoms with E-state index in [1.165, 1.54) is 24.5 Å². The average molecular weight is 468 g/mol. The van der Waals surface area contributed by atoms with Crippen molar-refractivity contribution in [2.75, 3.05) is 13.2 Å². The summed E-state index contributed by atoms with van der Waals surface area (Å²) in [4.78, 5) is 38.3.